The molecule has 1 aliphatic heterocycles. The molecule has 22 heavy (non-hydrogen) atoms. The van der Waals surface area contributed by atoms with E-state index in [0.717, 1.165) is 19.5 Å². The molecule has 2 aromatic carbocycles. The molecule has 116 valence electrons. The van der Waals surface area contributed by atoms with Gasteiger partial charge in [0.1, 0.15) is 0 Å². The van der Waals surface area contributed by atoms with Gasteiger partial charge in [-0.15, -0.1) is 0 Å². The highest BCUT2D eigenvalue weighted by Crippen LogP contribution is 2.32. The second-order valence-electron chi connectivity index (χ2n) is 6.41. The van der Waals surface area contributed by atoms with Crippen LogP contribution in [0.4, 0.5) is 0 Å². The average Bonchev–Trinajstić information content (AvgIpc) is 2.96. The van der Waals surface area contributed by atoms with Crippen LogP contribution in [0.3, 0.4) is 0 Å². The zero-order valence-corrected chi connectivity index (χ0v) is 13.3. The Morgan fingerprint density at radius 1 is 1.14 bits per heavy atom. The Bertz CT molecular complexity index is 596. The number of hydrogen-bond donors (Lipinski definition) is 1. The van der Waals surface area contributed by atoms with E-state index in [0.29, 0.717) is 6.04 Å². The van der Waals surface area contributed by atoms with Crippen molar-refractivity contribution in [2.45, 2.75) is 38.3 Å². The fourth-order valence-corrected chi connectivity index (χ4v) is 3.52. The van der Waals surface area contributed by atoms with Gasteiger partial charge in [-0.1, -0.05) is 60.2 Å². The Morgan fingerprint density at radius 3 is 2.73 bits per heavy atom. The molecule has 2 nitrogen and oxygen atoms in total. The third-order valence-electron chi connectivity index (χ3n) is 4.55. The summed E-state index contributed by atoms with van der Waals surface area (Å²) in [6.45, 7) is 3.99. The zero-order valence-electron chi connectivity index (χ0n) is 13.3. The average molecular weight is 295 g/mol. The quantitative estimate of drug-likeness (QED) is 0.908. The van der Waals surface area contributed by atoms with Crippen LogP contribution in [0, 0.1) is 6.92 Å². The third kappa shape index (κ3) is 3.76. The van der Waals surface area contributed by atoms with Crippen LogP contribution in [0.25, 0.3) is 0 Å². The van der Waals surface area contributed by atoms with Gasteiger partial charge in [0.05, 0.1) is 6.10 Å². The van der Waals surface area contributed by atoms with Gasteiger partial charge in [0.15, 0.2) is 0 Å². The van der Waals surface area contributed by atoms with Crippen LogP contribution < -0.4 is 0 Å². The molecule has 2 heteroatoms. The SMILES string of the molecule is Cc1cccc(C2CCCN2CC(O)Cc2ccccc2)c1. The summed E-state index contributed by atoms with van der Waals surface area (Å²) in [4.78, 5) is 2.45. The molecule has 2 atom stereocenters. The van der Waals surface area contributed by atoms with Gasteiger partial charge in [-0.25, -0.2) is 0 Å². The molecule has 0 saturated carbocycles. The molecule has 2 unspecified atom stereocenters. The van der Waals surface area contributed by atoms with Crippen molar-refractivity contribution in [2.24, 2.45) is 0 Å². The van der Waals surface area contributed by atoms with Crippen molar-refractivity contribution >= 4 is 0 Å². The van der Waals surface area contributed by atoms with Crippen LogP contribution in [0.15, 0.2) is 54.6 Å². The first-order chi connectivity index (χ1) is 10.7. The lowest BCUT2D eigenvalue weighted by Crippen LogP contribution is -2.33. The predicted molar refractivity (Wildman–Crippen MR) is 90.9 cm³/mol. The van der Waals surface area contributed by atoms with E-state index < -0.39 is 0 Å². The van der Waals surface area contributed by atoms with Crippen molar-refractivity contribution in [1.82, 2.24) is 4.90 Å². The van der Waals surface area contributed by atoms with Crippen molar-refractivity contribution < 1.29 is 5.11 Å². The summed E-state index contributed by atoms with van der Waals surface area (Å²) >= 11 is 0. The number of aryl methyl sites for hydroxylation is 1. The minimum atomic E-state index is -0.298. The molecule has 2 aromatic rings. The van der Waals surface area contributed by atoms with E-state index >= 15 is 0 Å². The third-order valence-corrected chi connectivity index (χ3v) is 4.55. The van der Waals surface area contributed by atoms with Gasteiger partial charge in [0, 0.05) is 12.6 Å². The number of hydrogen-bond acceptors (Lipinski definition) is 2. The molecule has 1 N–H and O–H groups in total. The van der Waals surface area contributed by atoms with Crippen LogP contribution in [0.5, 0.6) is 0 Å². The number of β-amino-alcohol motifs (C(OH)–C–C–N with tert-alkyl or cyclic N) is 1. The molecule has 3 rings (SSSR count). The van der Waals surface area contributed by atoms with E-state index in [1.54, 1.807) is 0 Å². The maximum absolute atomic E-state index is 10.4. The van der Waals surface area contributed by atoms with Crippen molar-refractivity contribution in [3.8, 4) is 0 Å². The van der Waals surface area contributed by atoms with Gasteiger partial charge in [-0.2, -0.15) is 0 Å². The maximum Gasteiger partial charge on any atom is 0.0707 e. The van der Waals surface area contributed by atoms with Gasteiger partial charge in [-0.3, -0.25) is 4.90 Å². The van der Waals surface area contributed by atoms with E-state index in [1.807, 2.05) is 18.2 Å². The molecule has 1 heterocycles. The van der Waals surface area contributed by atoms with Gasteiger partial charge in [0.2, 0.25) is 0 Å². The number of benzene rings is 2. The van der Waals surface area contributed by atoms with Crippen molar-refractivity contribution in [1.29, 1.82) is 0 Å². The van der Waals surface area contributed by atoms with E-state index in [2.05, 4.69) is 48.2 Å². The largest absolute Gasteiger partial charge is 0.391 e. The lowest BCUT2D eigenvalue weighted by atomic mass is 10.0. The molecule has 0 aliphatic carbocycles. The van der Waals surface area contributed by atoms with Gasteiger partial charge in [-0.05, 0) is 43.9 Å². The summed E-state index contributed by atoms with van der Waals surface area (Å²) < 4.78 is 0. The van der Waals surface area contributed by atoms with Crippen LogP contribution in [-0.2, 0) is 6.42 Å². The highest BCUT2D eigenvalue weighted by atomic mass is 16.3. The smallest absolute Gasteiger partial charge is 0.0707 e. The number of aliphatic hydroxyl groups is 1. The minimum Gasteiger partial charge on any atom is -0.391 e. The molecule has 1 fully saturated rings. The van der Waals surface area contributed by atoms with Crippen molar-refractivity contribution in [2.75, 3.05) is 13.1 Å². The molecule has 0 spiro atoms. The highest BCUT2D eigenvalue weighted by Gasteiger charge is 2.27. The maximum atomic E-state index is 10.4. The number of aliphatic hydroxyl groups excluding tert-OH is 1. The van der Waals surface area contributed by atoms with E-state index in [1.165, 1.54) is 29.5 Å². The first-order valence-corrected chi connectivity index (χ1v) is 8.25. The summed E-state index contributed by atoms with van der Waals surface area (Å²) in [6.07, 6.45) is 2.85. The fourth-order valence-electron chi connectivity index (χ4n) is 3.52. The van der Waals surface area contributed by atoms with Crippen LogP contribution in [-0.4, -0.2) is 29.2 Å². The molecule has 1 saturated heterocycles. The monoisotopic (exact) mass is 295 g/mol. The zero-order chi connectivity index (χ0) is 15.4. The molecule has 0 radical (unpaired) electrons. The summed E-state index contributed by atoms with van der Waals surface area (Å²) in [5, 5.41) is 10.4. The molecule has 1 aliphatic rings. The fraction of sp³-hybridized carbons (Fsp3) is 0.400. The Balaban J connectivity index is 1.63. The summed E-state index contributed by atoms with van der Waals surface area (Å²) in [5.41, 5.74) is 3.92. The van der Waals surface area contributed by atoms with Crippen LogP contribution >= 0.6 is 0 Å². The first kappa shape index (κ1) is 15.3. The number of rotatable bonds is 5. The Hall–Kier alpha value is -1.64. The van der Waals surface area contributed by atoms with Crippen LogP contribution in [0.1, 0.15) is 35.6 Å². The summed E-state index contributed by atoms with van der Waals surface area (Å²) in [5.74, 6) is 0. The van der Waals surface area contributed by atoms with E-state index in [-0.39, 0.29) is 6.10 Å². The molecule has 0 amide bonds. The highest BCUT2D eigenvalue weighted by molar-refractivity contribution is 5.26. The lowest BCUT2D eigenvalue weighted by Gasteiger charge is -2.27. The summed E-state index contributed by atoms with van der Waals surface area (Å²) in [7, 11) is 0. The van der Waals surface area contributed by atoms with Crippen molar-refractivity contribution in [3.05, 3.63) is 71.3 Å². The second-order valence-corrected chi connectivity index (χ2v) is 6.41. The van der Waals surface area contributed by atoms with Gasteiger partial charge >= 0.3 is 0 Å². The predicted octanol–water partition coefficient (Wildman–Crippen LogP) is 3.74. The Kier molecular flexibility index (Phi) is 4.91. The summed E-state index contributed by atoms with van der Waals surface area (Å²) in [6, 6.07) is 19.5. The number of nitrogens with zero attached hydrogens (tertiary/aromatic N) is 1. The van der Waals surface area contributed by atoms with E-state index in [9.17, 15) is 5.11 Å². The Labute approximate surface area is 133 Å². The van der Waals surface area contributed by atoms with E-state index in [4.69, 9.17) is 0 Å². The molecular weight excluding hydrogens is 270 g/mol. The topological polar surface area (TPSA) is 23.5 Å². The molecule has 0 bridgehead atoms. The molecule has 0 aromatic heterocycles. The number of likely N-dealkylation sites (tertiary alicyclic amines) is 1. The van der Waals surface area contributed by atoms with Gasteiger partial charge < -0.3 is 5.11 Å². The van der Waals surface area contributed by atoms with Crippen molar-refractivity contribution in [3.63, 3.8) is 0 Å². The normalized spacial score (nSPS) is 20.2. The second kappa shape index (κ2) is 7.08. The van der Waals surface area contributed by atoms with Gasteiger partial charge in [0.25, 0.3) is 0 Å². The Morgan fingerprint density at radius 2 is 1.95 bits per heavy atom. The molecular formula is C20H25NO. The van der Waals surface area contributed by atoms with Crippen LogP contribution in [0.2, 0.25) is 0 Å². The lowest BCUT2D eigenvalue weighted by molar-refractivity contribution is 0.106. The minimum absolute atomic E-state index is 0.298. The standard InChI is InChI=1S/C20H25NO/c1-16-7-5-10-18(13-16)20-11-6-12-21(20)15-19(22)14-17-8-3-2-4-9-17/h2-5,7-10,13,19-20,22H,6,11-12,14-15H2,1H3. The first-order valence-electron chi connectivity index (χ1n) is 8.25.